The van der Waals surface area contributed by atoms with Crippen LogP contribution in [0.25, 0.3) is 0 Å². The average molecular weight is 163 g/mol. The van der Waals surface area contributed by atoms with Crippen LogP contribution >= 0.6 is 0 Å². The lowest BCUT2D eigenvalue weighted by Gasteiger charge is -2.45. The molecule has 0 unspecified atom stereocenters. The number of rotatable bonds is 1. The SMILES string of the molecule is C[C@@H]1NC[C@]1(O)c1ccccc1. The van der Waals surface area contributed by atoms with Gasteiger partial charge in [-0.2, -0.15) is 0 Å². The predicted octanol–water partition coefficient (Wildman–Crippen LogP) is 0.866. The highest BCUT2D eigenvalue weighted by Crippen LogP contribution is 2.30. The lowest BCUT2D eigenvalue weighted by Crippen LogP contribution is -2.63. The van der Waals surface area contributed by atoms with E-state index in [4.69, 9.17) is 0 Å². The van der Waals surface area contributed by atoms with Crippen LogP contribution in [-0.4, -0.2) is 17.7 Å². The van der Waals surface area contributed by atoms with E-state index in [1.54, 1.807) is 0 Å². The van der Waals surface area contributed by atoms with E-state index in [1.165, 1.54) is 0 Å². The van der Waals surface area contributed by atoms with Gasteiger partial charge in [0.15, 0.2) is 0 Å². The minimum atomic E-state index is -0.638. The summed E-state index contributed by atoms with van der Waals surface area (Å²) >= 11 is 0. The molecule has 0 spiro atoms. The highest BCUT2D eigenvalue weighted by Gasteiger charge is 2.43. The average Bonchev–Trinajstić information content (AvgIpc) is 2.16. The van der Waals surface area contributed by atoms with E-state index in [0.29, 0.717) is 6.54 Å². The smallest absolute Gasteiger partial charge is 0.117 e. The molecule has 0 saturated carbocycles. The Bertz CT molecular complexity index is 272. The molecule has 1 aromatic rings. The van der Waals surface area contributed by atoms with Crippen molar-refractivity contribution in [1.29, 1.82) is 0 Å². The van der Waals surface area contributed by atoms with Crippen LogP contribution < -0.4 is 5.32 Å². The lowest BCUT2D eigenvalue weighted by atomic mass is 9.81. The molecule has 0 amide bonds. The first kappa shape index (κ1) is 7.77. The molecule has 1 aliphatic rings. The molecule has 12 heavy (non-hydrogen) atoms. The Hall–Kier alpha value is -0.860. The van der Waals surface area contributed by atoms with Gasteiger partial charge in [0.25, 0.3) is 0 Å². The van der Waals surface area contributed by atoms with Crippen LogP contribution in [0.1, 0.15) is 12.5 Å². The molecule has 1 saturated heterocycles. The quantitative estimate of drug-likeness (QED) is 0.643. The third kappa shape index (κ3) is 0.958. The van der Waals surface area contributed by atoms with Crippen LogP contribution in [0.15, 0.2) is 30.3 Å². The Labute approximate surface area is 72.2 Å². The van der Waals surface area contributed by atoms with Crippen molar-refractivity contribution in [1.82, 2.24) is 5.32 Å². The molecular weight excluding hydrogens is 150 g/mol. The van der Waals surface area contributed by atoms with E-state index in [9.17, 15) is 5.11 Å². The Kier molecular flexibility index (Phi) is 1.67. The van der Waals surface area contributed by atoms with Crippen molar-refractivity contribution in [3.05, 3.63) is 35.9 Å². The maximum Gasteiger partial charge on any atom is 0.117 e. The Balaban J connectivity index is 2.31. The zero-order chi connectivity index (χ0) is 8.60. The Morgan fingerprint density at radius 2 is 2.08 bits per heavy atom. The maximum absolute atomic E-state index is 10.1. The van der Waals surface area contributed by atoms with E-state index < -0.39 is 5.60 Å². The van der Waals surface area contributed by atoms with Gasteiger partial charge >= 0.3 is 0 Å². The fourth-order valence-electron chi connectivity index (χ4n) is 1.58. The summed E-state index contributed by atoms with van der Waals surface area (Å²) in [6.07, 6.45) is 0. The molecule has 1 aromatic carbocycles. The number of benzene rings is 1. The molecule has 2 rings (SSSR count). The van der Waals surface area contributed by atoms with E-state index in [2.05, 4.69) is 5.32 Å². The van der Waals surface area contributed by atoms with Crippen molar-refractivity contribution in [3.63, 3.8) is 0 Å². The molecule has 2 nitrogen and oxygen atoms in total. The number of aliphatic hydroxyl groups is 1. The molecule has 64 valence electrons. The van der Waals surface area contributed by atoms with E-state index in [1.807, 2.05) is 37.3 Å². The standard InChI is InChI=1S/C10H13NO/c1-8-10(12,7-11-8)9-5-3-2-4-6-9/h2-6,8,11-12H,7H2,1H3/t8-,10+/m0/s1. The van der Waals surface area contributed by atoms with Crippen molar-refractivity contribution in [2.24, 2.45) is 0 Å². The number of hydrogen-bond acceptors (Lipinski definition) is 2. The van der Waals surface area contributed by atoms with Gasteiger partial charge in [-0.1, -0.05) is 30.3 Å². The number of nitrogens with one attached hydrogen (secondary N) is 1. The highest BCUT2D eigenvalue weighted by atomic mass is 16.3. The number of β-amino-alcohol motifs (C(OH)–C–C–N with tert-alkyl or cyclic N) is 1. The summed E-state index contributed by atoms with van der Waals surface area (Å²) in [6, 6.07) is 9.98. The first-order valence-corrected chi connectivity index (χ1v) is 4.25. The molecule has 0 aromatic heterocycles. The molecule has 1 fully saturated rings. The molecule has 1 heterocycles. The van der Waals surface area contributed by atoms with Gasteiger partial charge in [-0.25, -0.2) is 0 Å². The lowest BCUT2D eigenvalue weighted by molar-refractivity contribution is -0.0567. The minimum Gasteiger partial charge on any atom is -0.382 e. The summed E-state index contributed by atoms with van der Waals surface area (Å²) in [4.78, 5) is 0. The first-order valence-electron chi connectivity index (χ1n) is 4.25. The van der Waals surface area contributed by atoms with Gasteiger partial charge < -0.3 is 10.4 Å². The van der Waals surface area contributed by atoms with Gasteiger partial charge in [-0.3, -0.25) is 0 Å². The molecule has 0 aliphatic carbocycles. The van der Waals surface area contributed by atoms with Gasteiger partial charge in [0, 0.05) is 12.6 Å². The van der Waals surface area contributed by atoms with Crippen molar-refractivity contribution in [2.45, 2.75) is 18.6 Å². The molecular formula is C10H13NO. The molecule has 2 atom stereocenters. The van der Waals surface area contributed by atoms with Crippen LogP contribution in [0, 0.1) is 0 Å². The second-order valence-corrected chi connectivity index (χ2v) is 3.39. The van der Waals surface area contributed by atoms with Crippen molar-refractivity contribution >= 4 is 0 Å². The Morgan fingerprint density at radius 3 is 2.50 bits per heavy atom. The van der Waals surface area contributed by atoms with Crippen LogP contribution in [0.2, 0.25) is 0 Å². The third-order valence-corrected chi connectivity index (χ3v) is 2.67. The van der Waals surface area contributed by atoms with Gasteiger partial charge in [0.05, 0.1) is 0 Å². The molecule has 0 radical (unpaired) electrons. The van der Waals surface area contributed by atoms with Crippen LogP contribution in [0.4, 0.5) is 0 Å². The highest BCUT2D eigenvalue weighted by molar-refractivity contribution is 5.27. The van der Waals surface area contributed by atoms with Crippen molar-refractivity contribution in [3.8, 4) is 0 Å². The minimum absolute atomic E-state index is 0.167. The molecule has 0 bridgehead atoms. The summed E-state index contributed by atoms with van der Waals surface area (Å²) in [7, 11) is 0. The van der Waals surface area contributed by atoms with Crippen LogP contribution in [0.5, 0.6) is 0 Å². The van der Waals surface area contributed by atoms with Crippen molar-refractivity contribution in [2.75, 3.05) is 6.54 Å². The summed E-state index contributed by atoms with van der Waals surface area (Å²) in [5.41, 5.74) is 0.373. The summed E-state index contributed by atoms with van der Waals surface area (Å²) in [6.45, 7) is 2.66. The monoisotopic (exact) mass is 163 g/mol. The van der Waals surface area contributed by atoms with E-state index in [-0.39, 0.29) is 6.04 Å². The van der Waals surface area contributed by atoms with Crippen molar-refractivity contribution < 1.29 is 5.11 Å². The first-order chi connectivity index (χ1) is 5.73. The zero-order valence-corrected chi connectivity index (χ0v) is 7.12. The summed E-state index contributed by atoms with van der Waals surface area (Å²) in [5, 5.41) is 13.2. The predicted molar refractivity (Wildman–Crippen MR) is 47.8 cm³/mol. The van der Waals surface area contributed by atoms with Gasteiger partial charge in [0.2, 0.25) is 0 Å². The summed E-state index contributed by atoms with van der Waals surface area (Å²) in [5.74, 6) is 0. The largest absolute Gasteiger partial charge is 0.382 e. The molecule has 2 heteroatoms. The fraction of sp³-hybridized carbons (Fsp3) is 0.400. The van der Waals surface area contributed by atoms with Gasteiger partial charge in [-0.05, 0) is 12.5 Å². The third-order valence-electron chi connectivity index (χ3n) is 2.67. The van der Waals surface area contributed by atoms with E-state index >= 15 is 0 Å². The Morgan fingerprint density at radius 1 is 1.42 bits per heavy atom. The van der Waals surface area contributed by atoms with E-state index in [0.717, 1.165) is 5.56 Å². The second kappa shape index (κ2) is 2.57. The molecule has 1 aliphatic heterocycles. The van der Waals surface area contributed by atoms with Gasteiger partial charge in [-0.15, -0.1) is 0 Å². The van der Waals surface area contributed by atoms with Crippen LogP contribution in [-0.2, 0) is 5.60 Å². The second-order valence-electron chi connectivity index (χ2n) is 3.39. The maximum atomic E-state index is 10.1. The summed E-state index contributed by atoms with van der Waals surface area (Å²) < 4.78 is 0. The molecule has 2 N–H and O–H groups in total. The zero-order valence-electron chi connectivity index (χ0n) is 7.12. The topological polar surface area (TPSA) is 32.3 Å². The normalized spacial score (nSPS) is 34.3. The number of hydrogen-bond donors (Lipinski definition) is 2. The van der Waals surface area contributed by atoms with Crippen LogP contribution in [0.3, 0.4) is 0 Å². The van der Waals surface area contributed by atoms with Gasteiger partial charge in [0.1, 0.15) is 5.60 Å². The fourth-order valence-corrected chi connectivity index (χ4v) is 1.58.